The lowest BCUT2D eigenvalue weighted by molar-refractivity contribution is 0.183. The van der Waals surface area contributed by atoms with Crippen molar-refractivity contribution in [1.82, 2.24) is 4.90 Å². The van der Waals surface area contributed by atoms with E-state index in [1.54, 1.807) is 0 Å². The summed E-state index contributed by atoms with van der Waals surface area (Å²) >= 11 is 0. The minimum Gasteiger partial charge on any atom is -0.492 e. The van der Waals surface area contributed by atoms with Crippen molar-refractivity contribution in [2.45, 2.75) is 32.1 Å². The van der Waals surface area contributed by atoms with Gasteiger partial charge in [-0.05, 0) is 68.1 Å². The van der Waals surface area contributed by atoms with Crippen LogP contribution in [0.3, 0.4) is 0 Å². The number of ether oxygens (including phenoxy) is 2. The molecule has 2 aromatic rings. The number of para-hydroxylation sites is 1. The van der Waals surface area contributed by atoms with Crippen LogP contribution in [0.5, 0.6) is 11.5 Å². The Balaban J connectivity index is 1.33. The predicted molar refractivity (Wildman–Crippen MR) is 110 cm³/mol. The Labute approximate surface area is 162 Å². The van der Waals surface area contributed by atoms with Crippen molar-refractivity contribution in [3.8, 4) is 11.5 Å². The molecule has 1 saturated heterocycles. The fourth-order valence-corrected chi connectivity index (χ4v) is 3.91. The first kappa shape index (κ1) is 18.2. The Bertz CT molecular complexity index is 724. The third-order valence-corrected chi connectivity index (χ3v) is 5.44. The molecule has 2 aliphatic heterocycles. The van der Waals surface area contributed by atoms with E-state index in [4.69, 9.17) is 9.47 Å². The average molecular weight is 367 g/mol. The number of likely N-dealkylation sites (tertiary alicyclic amines) is 1. The molecule has 0 bridgehead atoms. The third kappa shape index (κ3) is 4.95. The molecule has 0 saturated carbocycles. The maximum atomic E-state index is 5.95. The molecule has 0 amide bonds. The Kier molecular flexibility index (Phi) is 6.15. The molecule has 0 atom stereocenters. The predicted octanol–water partition coefficient (Wildman–Crippen LogP) is 4.34. The first-order valence-corrected chi connectivity index (χ1v) is 10.3. The van der Waals surface area contributed by atoms with Crippen LogP contribution >= 0.6 is 0 Å². The van der Waals surface area contributed by atoms with Crippen molar-refractivity contribution in [1.29, 1.82) is 0 Å². The van der Waals surface area contributed by atoms with Gasteiger partial charge in [0.15, 0.2) is 0 Å². The lowest BCUT2D eigenvalue weighted by Gasteiger charge is -2.26. The van der Waals surface area contributed by atoms with Gasteiger partial charge in [0.25, 0.3) is 0 Å². The van der Waals surface area contributed by atoms with Gasteiger partial charge in [-0.25, -0.2) is 0 Å². The summed E-state index contributed by atoms with van der Waals surface area (Å²) < 4.78 is 11.8. The van der Waals surface area contributed by atoms with Crippen molar-refractivity contribution in [2.24, 2.45) is 0 Å². The van der Waals surface area contributed by atoms with Crippen LogP contribution in [-0.2, 0) is 6.42 Å². The highest BCUT2D eigenvalue weighted by Crippen LogP contribution is 2.32. The molecule has 4 nitrogen and oxygen atoms in total. The Morgan fingerprint density at radius 3 is 2.67 bits per heavy atom. The maximum Gasteiger partial charge on any atom is 0.142 e. The van der Waals surface area contributed by atoms with Gasteiger partial charge in [0.1, 0.15) is 18.1 Å². The van der Waals surface area contributed by atoms with E-state index in [1.807, 2.05) is 0 Å². The van der Waals surface area contributed by atoms with Crippen LogP contribution in [0, 0.1) is 0 Å². The second-order valence-corrected chi connectivity index (χ2v) is 7.49. The molecule has 0 spiro atoms. The van der Waals surface area contributed by atoms with E-state index in [1.165, 1.54) is 43.5 Å². The summed E-state index contributed by atoms with van der Waals surface area (Å²) in [7, 11) is 0. The van der Waals surface area contributed by atoms with E-state index in [9.17, 15) is 0 Å². The zero-order chi connectivity index (χ0) is 18.3. The highest BCUT2D eigenvalue weighted by Gasteiger charge is 2.13. The van der Waals surface area contributed by atoms with Crippen molar-refractivity contribution >= 4 is 5.69 Å². The van der Waals surface area contributed by atoms with Gasteiger partial charge in [-0.3, -0.25) is 4.90 Å². The van der Waals surface area contributed by atoms with E-state index < -0.39 is 0 Å². The van der Waals surface area contributed by atoms with Gasteiger partial charge in [0.2, 0.25) is 0 Å². The number of piperidine rings is 1. The first-order chi connectivity index (χ1) is 13.4. The molecule has 4 rings (SSSR count). The SMILES string of the molecule is c1cc(Cc2ccc(OCCN3CCCCC3)cc2)c2c(c1)OCCCN2. The second kappa shape index (κ2) is 9.14. The highest BCUT2D eigenvalue weighted by atomic mass is 16.5. The van der Waals surface area contributed by atoms with Crippen molar-refractivity contribution < 1.29 is 9.47 Å². The van der Waals surface area contributed by atoms with Gasteiger partial charge in [0, 0.05) is 13.1 Å². The van der Waals surface area contributed by atoms with E-state index in [0.717, 1.165) is 56.3 Å². The summed E-state index contributed by atoms with van der Waals surface area (Å²) in [5.41, 5.74) is 3.72. The molecule has 4 heteroatoms. The first-order valence-electron chi connectivity index (χ1n) is 10.3. The lowest BCUT2D eigenvalue weighted by Crippen LogP contribution is -2.33. The van der Waals surface area contributed by atoms with Gasteiger partial charge in [-0.15, -0.1) is 0 Å². The molecule has 0 unspecified atom stereocenters. The smallest absolute Gasteiger partial charge is 0.142 e. The summed E-state index contributed by atoms with van der Waals surface area (Å²) in [5, 5.41) is 3.53. The summed E-state index contributed by atoms with van der Waals surface area (Å²) in [6.45, 7) is 6.00. The Hall–Kier alpha value is -2.20. The van der Waals surface area contributed by atoms with Gasteiger partial charge < -0.3 is 14.8 Å². The number of hydrogen-bond acceptors (Lipinski definition) is 4. The van der Waals surface area contributed by atoms with Gasteiger partial charge in [-0.2, -0.15) is 0 Å². The fourth-order valence-electron chi connectivity index (χ4n) is 3.91. The van der Waals surface area contributed by atoms with Crippen LogP contribution in [0.1, 0.15) is 36.8 Å². The van der Waals surface area contributed by atoms with E-state index in [-0.39, 0.29) is 0 Å². The average Bonchev–Trinajstić information content (AvgIpc) is 2.97. The number of rotatable bonds is 6. The van der Waals surface area contributed by atoms with E-state index in [0.29, 0.717) is 0 Å². The topological polar surface area (TPSA) is 33.7 Å². The van der Waals surface area contributed by atoms with Crippen molar-refractivity contribution in [2.75, 3.05) is 44.7 Å². The number of benzene rings is 2. The molecule has 1 N–H and O–H groups in total. The van der Waals surface area contributed by atoms with Crippen LogP contribution in [-0.4, -0.2) is 44.3 Å². The summed E-state index contributed by atoms with van der Waals surface area (Å²) in [6.07, 6.45) is 5.98. The zero-order valence-electron chi connectivity index (χ0n) is 16.1. The standard InChI is InChI=1S/C23H30N2O2/c1-2-13-25(14-3-1)15-17-26-21-10-8-19(9-11-21)18-20-6-4-7-22-23(20)24-12-5-16-27-22/h4,6-11,24H,1-3,5,12-18H2. The molecule has 2 aliphatic rings. The summed E-state index contributed by atoms with van der Waals surface area (Å²) in [4.78, 5) is 2.51. The number of nitrogens with zero attached hydrogens (tertiary/aromatic N) is 1. The Morgan fingerprint density at radius 1 is 0.963 bits per heavy atom. The number of fused-ring (bicyclic) bond motifs is 1. The van der Waals surface area contributed by atoms with Crippen LogP contribution in [0.25, 0.3) is 0 Å². The molecule has 2 aromatic carbocycles. The quantitative estimate of drug-likeness (QED) is 0.825. The van der Waals surface area contributed by atoms with Crippen LogP contribution < -0.4 is 14.8 Å². The van der Waals surface area contributed by atoms with Gasteiger partial charge >= 0.3 is 0 Å². The highest BCUT2D eigenvalue weighted by molar-refractivity contribution is 5.63. The van der Waals surface area contributed by atoms with E-state index in [2.05, 4.69) is 52.7 Å². The summed E-state index contributed by atoms with van der Waals surface area (Å²) in [5.74, 6) is 1.94. The van der Waals surface area contributed by atoms with Gasteiger partial charge in [0.05, 0.1) is 12.3 Å². The molecule has 2 heterocycles. The minimum absolute atomic E-state index is 0.771. The largest absolute Gasteiger partial charge is 0.492 e. The number of nitrogens with one attached hydrogen (secondary N) is 1. The van der Waals surface area contributed by atoms with Crippen LogP contribution in [0.4, 0.5) is 5.69 Å². The number of anilines is 1. The molecule has 27 heavy (non-hydrogen) atoms. The second-order valence-electron chi connectivity index (χ2n) is 7.49. The minimum atomic E-state index is 0.771. The van der Waals surface area contributed by atoms with Crippen LogP contribution in [0.15, 0.2) is 42.5 Å². The van der Waals surface area contributed by atoms with Crippen LogP contribution in [0.2, 0.25) is 0 Å². The summed E-state index contributed by atoms with van der Waals surface area (Å²) in [6, 6.07) is 14.9. The van der Waals surface area contributed by atoms with E-state index >= 15 is 0 Å². The molecule has 0 radical (unpaired) electrons. The molecule has 144 valence electrons. The monoisotopic (exact) mass is 366 g/mol. The normalized spacial score (nSPS) is 17.3. The maximum absolute atomic E-state index is 5.95. The molecule has 1 fully saturated rings. The number of hydrogen-bond donors (Lipinski definition) is 1. The zero-order valence-corrected chi connectivity index (χ0v) is 16.1. The molecule has 0 aliphatic carbocycles. The molecule has 0 aromatic heterocycles. The third-order valence-electron chi connectivity index (χ3n) is 5.44. The Morgan fingerprint density at radius 2 is 1.81 bits per heavy atom. The van der Waals surface area contributed by atoms with Crippen molar-refractivity contribution in [3.63, 3.8) is 0 Å². The molecular formula is C23H30N2O2. The lowest BCUT2D eigenvalue weighted by atomic mass is 10.0. The van der Waals surface area contributed by atoms with Crippen molar-refractivity contribution in [3.05, 3.63) is 53.6 Å². The fraction of sp³-hybridized carbons (Fsp3) is 0.478. The molecular weight excluding hydrogens is 336 g/mol. The van der Waals surface area contributed by atoms with Gasteiger partial charge in [-0.1, -0.05) is 30.7 Å².